The van der Waals surface area contributed by atoms with Crippen molar-refractivity contribution in [1.82, 2.24) is 4.98 Å². The molecular formula is C16H24N2O2S. The molecule has 2 unspecified atom stereocenters. The number of thiazole rings is 1. The van der Waals surface area contributed by atoms with Gasteiger partial charge in [-0.05, 0) is 31.6 Å². The summed E-state index contributed by atoms with van der Waals surface area (Å²) >= 11 is 1.37. The van der Waals surface area contributed by atoms with E-state index in [4.69, 9.17) is 4.98 Å². The summed E-state index contributed by atoms with van der Waals surface area (Å²) in [6.07, 6.45) is 6.38. The van der Waals surface area contributed by atoms with Crippen molar-refractivity contribution in [2.24, 2.45) is 5.92 Å². The molecule has 1 saturated carbocycles. The number of carboxylic acids is 1. The van der Waals surface area contributed by atoms with Gasteiger partial charge in [0.25, 0.3) is 0 Å². The van der Waals surface area contributed by atoms with E-state index < -0.39 is 5.97 Å². The fourth-order valence-corrected chi connectivity index (χ4v) is 4.98. The summed E-state index contributed by atoms with van der Waals surface area (Å²) in [5, 5.41) is 10.4. The van der Waals surface area contributed by atoms with E-state index in [2.05, 4.69) is 4.90 Å². The van der Waals surface area contributed by atoms with Crippen LogP contribution in [0.4, 0.5) is 5.13 Å². The van der Waals surface area contributed by atoms with Crippen LogP contribution in [0.25, 0.3) is 0 Å². The molecule has 1 saturated heterocycles. The molecule has 1 aliphatic heterocycles. The van der Waals surface area contributed by atoms with E-state index in [1.807, 2.05) is 20.8 Å². The maximum Gasteiger partial charge on any atom is 0.347 e. The predicted octanol–water partition coefficient (Wildman–Crippen LogP) is 3.91. The lowest BCUT2D eigenvalue weighted by Gasteiger charge is -2.37. The molecule has 2 aliphatic rings. The monoisotopic (exact) mass is 308 g/mol. The van der Waals surface area contributed by atoms with Crippen molar-refractivity contribution in [2.75, 3.05) is 11.4 Å². The Labute approximate surface area is 130 Å². The third-order valence-electron chi connectivity index (χ3n) is 4.76. The minimum atomic E-state index is -0.844. The number of aromatic carboxylic acids is 1. The second kappa shape index (κ2) is 5.27. The molecule has 2 heterocycles. The second-order valence-corrected chi connectivity index (χ2v) is 8.30. The minimum Gasteiger partial charge on any atom is -0.477 e. The number of rotatable bonds is 2. The Morgan fingerprint density at radius 3 is 2.62 bits per heavy atom. The van der Waals surface area contributed by atoms with Gasteiger partial charge in [0.1, 0.15) is 4.88 Å². The van der Waals surface area contributed by atoms with Crippen LogP contribution in [0, 0.1) is 5.92 Å². The van der Waals surface area contributed by atoms with Gasteiger partial charge in [0.2, 0.25) is 0 Å². The van der Waals surface area contributed by atoms with Gasteiger partial charge in [-0.3, -0.25) is 0 Å². The average Bonchev–Trinajstić information content (AvgIpc) is 3.04. The summed E-state index contributed by atoms with van der Waals surface area (Å²) in [7, 11) is 0. The highest BCUT2D eigenvalue weighted by molar-refractivity contribution is 7.17. The largest absolute Gasteiger partial charge is 0.477 e. The van der Waals surface area contributed by atoms with Crippen molar-refractivity contribution in [2.45, 2.75) is 64.3 Å². The zero-order valence-electron chi connectivity index (χ0n) is 13.1. The van der Waals surface area contributed by atoms with Gasteiger partial charge in [0.05, 0.1) is 5.69 Å². The zero-order valence-corrected chi connectivity index (χ0v) is 13.9. The molecule has 1 aliphatic carbocycles. The molecule has 4 nitrogen and oxygen atoms in total. The zero-order chi connectivity index (χ0) is 15.2. The molecule has 1 aromatic heterocycles. The quantitative estimate of drug-likeness (QED) is 0.900. The van der Waals surface area contributed by atoms with Gasteiger partial charge in [-0.2, -0.15) is 0 Å². The Hall–Kier alpha value is -1.10. The summed E-state index contributed by atoms with van der Waals surface area (Å²) in [6, 6.07) is 0.583. The highest BCUT2D eigenvalue weighted by atomic mass is 32.1. The van der Waals surface area contributed by atoms with E-state index in [0.29, 0.717) is 10.9 Å². The first-order valence-corrected chi connectivity index (χ1v) is 8.71. The average molecular weight is 308 g/mol. The van der Waals surface area contributed by atoms with Crippen LogP contribution in [-0.2, 0) is 5.41 Å². The topological polar surface area (TPSA) is 53.4 Å². The fourth-order valence-electron chi connectivity index (χ4n) is 3.78. The molecule has 3 rings (SSSR count). The molecule has 2 fully saturated rings. The summed E-state index contributed by atoms with van der Waals surface area (Å²) in [5.74, 6) is -0.0577. The highest BCUT2D eigenvalue weighted by Gasteiger charge is 2.37. The molecule has 0 bridgehead atoms. The summed E-state index contributed by atoms with van der Waals surface area (Å²) in [4.78, 5) is 19.1. The Kier molecular flexibility index (Phi) is 3.72. The van der Waals surface area contributed by atoms with Crippen molar-refractivity contribution >= 4 is 22.4 Å². The summed E-state index contributed by atoms with van der Waals surface area (Å²) < 4.78 is 0. The first-order valence-electron chi connectivity index (χ1n) is 7.89. The van der Waals surface area contributed by atoms with Gasteiger partial charge < -0.3 is 10.0 Å². The summed E-state index contributed by atoms with van der Waals surface area (Å²) in [5.41, 5.74) is 0.503. The number of hydrogen-bond donors (Lipinski definition) is 1. The third kappa shape index (κ3) is 2.68. The van der Waals surface area contributed by atoms with E-state index in [9.17, 15) is 9.90 Å². The van der Waals surface area contributed by atoms with Crippen molar-refractivity contribution in [3.63, 3.8) is 0 Å². The Balaban J connectivity index is 1.97. The molecule has 21 heavy (non-hydrogen) atoms. The van der Waals surface area contributed by atoms with Gasteiger partial charge in [-0.1, -0.05) is 38.5 Å². The first kappa shape index (κ1) is 14.8. The maximum absolute atomic E-state index is 11.5. The van der Waals surface area contributed by atoms with E-state index in [-0.39, 0.29) is 5.41 Å². The van der Waals surface area contributed by atoms with Gasteiger partial charge in [0.15, 0.2) is 5.13 Å². The van der Waals surface area contributed by atoms with Crippen LogP contribution in [0.3, 0.4) is 0 Å². The Bertz CT molecular complexity index is 547. The molecule has 116 valence electrons. The van der Waals surface area contributed by atoms with Crippen LogP contribution in [0.1, 0.15) is 68.2 Å². The van der Waals surface area contributed by atoms with Crippen molar-refractivity contribution in [1.29, 1.82) is 0 Å². The lowest BCUT2D eigenvalue weighted by atomic mass is 9.91. The van der Waals surface area contributed by atoms with Gasteiger partial charge in [-0.15, -0.1) is 0 Å². The normalized spacial score (nSPS) is 26.0. The van der Waals surface area contributed by atoms with Crippen molar-refractivity contribution in [3.05, 3.63) is 10.6 Å². The van der Waals surface area contributed by atoms with Gasteiger partial charge in [-0.25, -0.2) is 9.78 Å². The van der Waals surface area contributed by atoms with Crippen molar-refractivity contribution in [3.8, 4) is 0 Å². The molecule has 2 atom stereocenters. The first-order chi connectivity index (χ1) is 9.88. The molecule has 1 N–H and O–H groups in total. The third-order valence-corrected chi connectivity index (χ3v) is 5.84. The van der Waals surface area contributed by atoms with Crippen LogP contribution in [0.5, 0.6) is 0 Å². The molecule has 0 spiro atoms. The van der Waals surface area contributed by atoms with Crippen LogP contribution < -0.4 is 4.90 Å². The minimum absolute atomic E-state index is 0.229. The Morgan fingerprint density at radius 1 is 1.29 bits per heavy atom. The second-order valence-electron chi connectivity index (χ2n) is 7.32. The predicted molar refractivity (Wildman–Crippen MR) is 85.5 cm³/mol. The SMILES string of the molecule is CC(C)(C)c1nc(N2CCCC3CCCC32)sc1C(=O)O. The van der Waals surface area contributed by atoms with Crippen molar-refractivity contribution < 1.29 is 9.90 Å². The van der Waals surface area contributed by atoms with E-state index in [1.54, 1.807) is 0 Å². The van der Waals surface area contributed by atoms with E-state index in [0.717, 1.165) is 23.3 Å². The molecule has 0 radical (unpaired) electrons. The van der Waals surface area contributed by atoms with E-state index in [1.165, 1.54) is 43.4 Å². The summed E-state index contributed by atoms with van der Waals surface area (Å²) in [6.45, 7) is 7.13. The number of aromatic nitrogens is 1. The van der Waals surface area contributed by atoms with Crippen LogP contribution in [0.2, 0.25) is 0 Å². The van der Waals surface area contributed by atoms with Gasteiger partial charge >= 0.3 is 5.97 Å². The van der Waals surface area contributed by atoms with E-state index >= 15 is 0 Å². The molecule has 1 aromatic rings. The number of hydrogen-bond acceptors (Lipinski definition) is 4. The number of piperidine rings is 1. The lowest BCUT2D eigenvalue weighted by Crippen LogP contribution is -2.42. The highest BCUT2D eigenvalue weighted by Crippen LogP contribution is 2.42. The Morgan fingerprint density at radius 2 is 2.00 bits per heavy atom. The van der Waals surface area contributed by atoms with Gasteiger partial charge in [0, 0.05) is 18.0 Å². The molecular weight excluding hydrogens is 284 g/mol. The number of fused-ring (bicyclic) bond motifs is 1. The number of nitrogens with zero attached hydrogens (tertiary/aromatic N) is 2. The molecule has 0 amide bonds. The smallest absolute Gasteiger partial charge is 0.347 e. The van der Waals surface area contributed by atoms with Crippen LogP contribution in [0.15, 0.2) is 0 Å². The lowest BCUT2D eigenvalue weighted by molar-refractivity contribution is 0.0699. The van der Waals surface area contributed by atoms with Crippen LogP contribution in [-0.4, -0.2) is 28.6 Å². The number of carbonyl (C=O) groups is 1. The maximum atomic E-state index is 11.5. The molecule has 0 aromatic carbocycles. The molecule has 5 heteroatoms. The standard InChI is InChI=1S/C16H24N2O2S/c1-16(2,3)13-12(14(19)20)21-15(17-13)18-9-5-7-10-6-4-8-11(10)18/h10-11H,4-9H2,1-3H3,(H,19,20). The van der Waals surface area contributed by atoms with Crippen LogP contribution >= 0.6 is 11.3 Å². The number of carboxylic acid groups (broad SMARTS) is 1. The fraction of sp³-hybridized carbons (Fsp3) is 0.750. The number of anilines is 1.